The van der Waals surface area contributed by atoms with Crippen molar-refractivity contribution in [1.29, 1.82) is 0 Å². The van der Waals surface area contributed by atoms with Crippen LogP contribution in [0.2, 0.25) is 0 Å². The third-order valence-electron chi connectivity index (χ3n) is 4.91. The molecule has 1 saturated heterocycles. The summed E-state index contributed by atoms with van der Waals surface area (Å²) in [4.78, 5) is 14.0. The summed E-state index contributed by atoms with van der Waals surface area (Å²) in [6.45, 7) is 6.60. The van der Waals surface area contributed by atoms with Crippen LogP contribution >= 0.6 is 0 Å². The molecule has 0 radical (unpaired) electrons. The van der Waals surface area contributed by atoms with Gasteiger partial charge in [-0.1, -0.05) is 6.92 Å². The smallest absolute Gasteiger partial charge is 0.239 e. The summed E-state index contributed by atoms with van der Waals surface area (Å²) in [6, 6.07) is -0.0118. The minimum Gasteiger partial charge on any atom is -0.381 e. The van der Waals surface area contributed by atoms with Crippen LogP contribution in [0.5, 0.6) is 0 Å². The van der Waals surface area contributed by atoms with Crippen LogP contribution in [-0.4, -0.2) is 57.3 Å². The van der Waals surface area contributed by atoms with Gasteiger partial charge in [0.1, 0.15) is 5.75 Å². The third kappa shape index (κ3) is 6.04. The van der Waals surface area contributed by atoms with Gasteiger partial charge < -0.3 is 9.64 Å². The van der Waals surface area contributed by atoms with Crippen molar-refractivity contribution in [3.05, 3.63) is 0 Å². The number of rotatable bonds is 7. The van der Waals surface area contributed by atoms with Crippen LogP contribution in [0, 0.1) is 11.8 Å². The molecule has 1 aliphatic heterocycles. The first-order chi connectivity index (χ1) is 10.9. The van der Waals surface area contributed by atoms with E-state index in [0.29, 0.717) is 31.5 Å². The van der Waals surface area contributed by atoms with Crippen LogP contribution in [0.25, 0.3) is 0 Å². The Morgan fingerprint density at radius 3 is 2.48 bits per heavy atom. The minimum atomic E-state index is -3.56. The van der Waals surface area contributed by atoms with Crippen molar-refractivity contribution in [3.63, 3.8) is 0 Å². The molecule has 1 amide bonds. The van der Waals surface area contributed by atoms with Crippen molar-refractivity contribution in [1.82, 2.24) is 9.62 Å². The third-order valence-corrected chi connectivity index (χ3v) is 6.23. The molecular formula is C16H30N2O4S. The van der Waals surface area contributed by atoms with E-state index >= 15 is 0 Å². The van der Waals surface area contributed by atoms with Crippen LogP contribution in [-0.2, 0) is 19.6 Å². The zero-order valence-corrected chi connectivity index (χ0v) is 15.1. The standard InChI is InChI=1S/C16H30N2O4S/c1-3-18(10-14-8-9-22-11-14)16(19)12-23(20,21)17-15-6-4-13(2)5-7-15/h13-15,17H,3-12H2,1-2H3. The van der Waals surface area contributed by atoms with Gasteiger partial charge in [0.15, 0.2) is 0 Å². The Labute approximate surface area is 140 Å². The first-order valence-electron chi connectivity index (χ1n) is 8.75. The molecule has 1 unspecified atom stereocenters. The summed E-state index contributed by atoms with van der Waals surface area (Å²) in [5.74, 6) is 0.243. The summed E-state index contributed by atoms with van der Waals surface area (Å²) in [5, 5.41) is 0. The van der Waals surface area contributed by atoms with Crippen LogP contribution in [0.15, 0.2) is 0 Å². The van der Waals surface area contributed by atoms with Gasteiger partial charge in [0, 0.05) is 31.7 Å². The minimum absolute atomic E-state index is 0.0118. The van der Waals surface area contributed by atoms with Crippen LogP contribution in [0.3, 0.4) is 0 Å². The highest BCUT2D eigenvalue weighted by molar-refractivity contribution is 7.90. The van der Waals surface area contributed by atoms with Gasteiger partial charge in [0.05, 0.1) is 6.61 Å². The number of amides is 1. The molecule has 23 heavy (non-hydrogen) atoms. The van der Waals surface area contributed by atoms with Gasteiger partial charge in [-0.05, 0) is 44.9 Å². The van der Waals surface area contributed by atoms with Crippen LogP contribution in [0.1, 0.15) is 46.0 Å². The van der Waals surface area contributed by atoms with Crippen molar-refractivity contribution >= 4 is 15.9 Å². The van der Waals surface area contributed by atoms with Crippen LogP contribution < -0.4 is 4.72 Å². The monoisotopic (exact) mass is 346 g/mol. The highest BCUT2D eigenvalue weighted by Crippen LogP contribution is 2.24. The molecule has 7 heteroatoms. The molecule has 1 atom stereocenters. The molecule has 1 saturated carbocycles. The Morgan fingerprint density at radius 2 is 1.91 bits per heavy atom. The lowest BCUT2D eigenvalue weighted by Gasteiger charge is -2.27. The topological polar surface area (TPSA) is 75.7 Å². The maximum Gasteiger partial charge on any atom is 0.239 e. The van der Waals surface area contributed by atoms with E-state index in [4.69, 9.17) is 4.74 Å². The summed E-state index contributed by atoms with van der Waals surface area (Å²) in [5.41, 5.74) is 0. The average Bonchev–Trinajstić information content (AvgIpc) is 2.99. The van der Waals surface area contributed by atoms with E-state index in [1.807, 2.05) is 6.92 Å². The Morgan fingerprint density at radius 1 is 1.22 bits per heavy atom. The first kappa shape index (κ1) is 18.7. The average molecular weight is 346 g/mol. The van der Waals surface area contributed by atoms with E-state index in [0.717, 1.165) is 38.7 Å². The Kier molecular flexibility index (Phi) is 6.85. The van der Waals surface area contributed by atoms with Crippen LogP contribution in [0.4, 0.5) is 0 Å². The Bertz CT molecular complexity index is 480. The molecule has 2 fully saturated rings. The van der Waals surface area contributed by atoms with Gasteiger partial charge in [-0.25, -0.2) is 13.1 Å². The molecule has 1 N–H and O–H groups in total. The van der Waals surface area contributed by atoms with Crippen molar-refractivity contribution in [2.24, 2.45) is 11.8 Å². The predicted octanol–water partition coefficient (Wildman–Crippen LogP) is 1.37. The van der Waals surface area contributed by atoms with Crippen molar-refractivity contribution in [2.45, 2.75) is 52.0 Å². The van der Waals surface area contributed by atoms with Gasteiger partial charge in [0.25, 0.3) is 0 Å². The van der Waals surface area contributed by atoms with Gasteiger partial charge in [0.2, 0.25) is 15.9 Å². The number of sulfonamides is 1. The molecule has 0 spiro atoms. The van der Waals surface area contributed by atoms with E-state index in [1.54, 1.807) is 4.90 Å². The van der Waals surface area contributed by atoms with E-state index in [9.17, 15) is 13.2 Å². The molecular weight excluding hydrogens is 316 g/mol. The second-order valence-electron chi connectivity index (χ2n) is 7.00. The van der Waals surface area contributed by atoms with Crippen molar-refractivity contribution in [3.8, 4) is 0 Å². The van der Waals surface area contributed by atoms with Gasteiger partial charge >= 0.3 is 0 Å². The molecule has 2 aliphatic rings. The Balaban J connectivity index is 1.83. The predicted molar refractivity (Wildman–Crippen MR) is 89.5 cm³/mol. The molecule has 1 heterocycles. The zero-order valence-electron chi connectivity index (χ0n) is 14.3. The molecule has 0 aromatic rings. The number of nitrogens with zero attached hydrogens (tertiary/aromatic N) is 1. The highest BCUT2D eigenvalue weighted by Gasteiger charge is 2.28. The van der Waals surface area contributed by atoms with E-state index in [1.165, 1.54) is 0 Å². The molecule has 134 valence electrons. The fraction of sp³-hybridized carbons (Fsp3) is 0.938. The molecule has 1 aliphatic carbocycles. The number of hydrogen-bond acceptors (Lipinski definition) is 4. The maximum atomic E-state index is 12.3. The summed E-state index contributed by atoms with van der Waals surface area (Å²) < 4.78 is 32.6. The number of ether oxygens (including phenoxy) is 1. The SMILES string of the molecule is CCN(CC1CCOC1)C(=O)CS(=O)(=O)NC1CCC(C)CC1. The van der Waals surface area contributed by atoms with E-state index in [-0.39, 0.29) is 11.9 Å². The van der Waals surface area contributed by atoms with Gasteiger partial charge in [-0.3, -0.25) is 4.79 Å². The fourth-order valence-corrected chi connectivity index (χ4v) is 4.71. The second kappa shape index (κ2) is 8.44. The van der Waals surface area contributed by atoms with Crippen molar-refractivity contribution in [2.75, 3.05) is 32.1 Å². The Hall–Kier alpha value is -0.660. The molecule has 0 aromatic carbocycles. The highest BCUT2D eigenvalue weighted by atomic mass is 32.2. The number of hydrogen-bond donors (Lipinski definition) is 1. The van der Waals surface area contributed by atoms with Gasteiger partial charge in [-0.2, -0.15) is 0 Å². The molecule has 0 aromatic heterocycles. The van der Waals surface area contributed by atoms with Gasteiger partial charge in [-0.15, -0.1) is 0 Å². The summed E-state index contributed by atoms with van der Waals surface area (Å²) in [7, 11) is -3.56. The zero-order chi connectivity index (χ0) is 16.9. The molecule has 6 nitrogen and oxygen atoms in total. The fourth-order valence-electron chi connectivity index (χ4n) is 3.37. The quantitative estimate of drug-likeness (QED) is 0.755. The number of nitrogens with one attached hydrogen (secondary N) is 1. The number of carbonyl (C=O) groups excluding carboxylic acids is 1. The van der Waals surface area contributed by atoms with E-state index in [2.05, 4.69) is 11.6 Å². The normalized spacial score (nSPS) is 28.7. The lowest BCUT2D eigenvalue weighted by Crippen LogP contribution is -2.44. The molecule has 2 rings (SSSR count). The second-order valence-corrected chi connectivity index (χ2v) is 8.75. The summed E-state index contributed by atoms with van der Waals surface area (Å²) >= 11 is 0. The molecule has 0 bridgehead atoms. The lowest BCUT2D eigenvalue weighted by atomic mass is 9.88. The summed E-state index contributed by atoms with van der Waals surface area (Å²) in [6.07, 6.45) is 4.76. The first-order valence-corrected chi connectivity index (χ1v) is 10.4. The number of carbonyl (C=O) groups is 1. The lowest BCUT2D eigenvalue weighted by molar-refractivity contribution is -0.128. The van der Waals surface area contributed by atoms with Crippen molar-refractivity contribution < 1.29 is 17.9 Å². The largest absolute Gasteiger partial charge is 0.381 e. The van der Waals surface area contributed by atoms with E-state index < -0.39 is 15.8 Å². The maximum absolute atomic E-state index is 12.3.